The van der Waals surface area contributed by atoms with Crippen LogP contribution in [0.5, 0.6) is 11.5 Å². The molecule has 0 aliphatic rings. The lowest BCUT2D eigenvalue weighted by atomic mass is 10.1. The molecule has 5 nitrogen and oxygen atoms in total. The van der Waals surface area contributed by atoms with Crippen LogP contribution in [0.15, 0.2) is 47.5 Å². The van der Waals surface area contributed by atoms with Crippen molar-refractivity contribution < 1.29 is 9.84 Å². The second-order valence-corrected chi connectivity index (χ2v) is 5.67. The van der Waals surface area contributed by atoms with Crippen LogP contribution in [0.3, 0.4) is 0 Å². The van der Waals surface area contributed by atoms with E-state index in [1.807, 2.05) is 6.92 Å². The zero-order valence-electron chi connectivity index (χ0n) is 15.6. The average molecular weight is 469 g/mol. The molecule has 0 atom stereocenters. The van der Waals surface area contributed by atoms with Crippen molar-refractivity contribution in [2.24, 2.45) is 4.99 Å². The molecule has 0 aromatic heterocycles. The van der Waals surface area contributed by atoms with Crippen molar-refractivity contribution in [3.05, 3.63) is 59.2 Å². The fourth-order valence-corrected chi connectivity index (χ4v) is 2.58. The molecule has 0 radical (unpaired) electrons. The summed E-state index contributed by atoms with van der Waals surface area (Å²) in [7, 11) is 1.61. The molecule has 0 aliphatic heterocycles. The summed E-state index contributed by atoms with van der Waals surface area (Å²) in [5, 5.41) is 16.6. The molecule has 0 saturated carbocycles. The lowest BCUT2D eigenvalue weighted by Crippen LogP contribution is -2.37. The molecular formula is C20H28IN3O2. The highest BCUT2D eigenvalue weighted by Gasteiger charge is 2.05. The predicted octanol–water partition coefficient (Wildman–Crippen LogP) is 3.84. The van der Waals surface area contributed by atoms with E-state index in [-0.39, 0.29) is 29.7 Å². The van der Waals surface area contributed by atoms with E-state index in [4.69, 9.17) is 4.74 Å². The number of halogens is 1. The van der Waals surface area contributed by atoms with Gasteiger partial charge in [-0.05, 0) is 42.7 Å². The van der Waals surface area contributed by atoms with Gasteiger partial charge in [-0.1, -0.05) is 31.2 Å². The maximum absolute atomic E-state index is 9.98. The normalized spacial score (nSPS) is 10.8. The van der Waals surface area contributed by atoms with E-state index in [2.05, 4.69) is 46.8 Å². The maximum Gasteiger partial charge on any atom is 0.191 e. The zero-order chi connectivity index (χ0) is 18.1. The summed E-state index contributed by atoms with van der Waals surface area (Å²) in [6, 6.07) is 13.5. The summed E-state index contributed by atoms with van der Waals surface area (Å²) < 4.78 is 5.20. The van der Waals surface area contributed by atoms with Gasteiger partial charge in [-0.25, -0.2) is 4.99 Å². The highest BCUT2D eigenvalue weighted by Crippen LogP contribution is 2.23. The number of benzene rings is 2. The van der Waals surface area contributed by atoms with Gasteiger partial charge < -0.3 is 20.5 Å². The molecule has 0 fully saturated rings. The first-order valence-electron chi connectivity index (χ1n) is 8.62. The van der Waals surface area contributed by atoms with Crippen LogP contribution in [0.2, 0.25) is 0 Å². The van der Waals surface area contributed by atoms with Gasteiger partial charge in [-0.2, -0.15) is 0 Å². The Balaban J connectivity index is 0.00000338. The topological polar surface area (TPSA) is 65.9 Å². The van der Waals surface area contributed by atoms with Crippen molar-refractivity contribution in [1.82, 2.24) is 10.6 Å². The quantitative estimate of drug-likeness (QED) is 0.328. The van der Waals surface area contributed by atoms with Crippen LogP contribution in [0.4, 0.5) is 0 Å². The van der Waals surface area contributed by atoms with Crippen molar-refractivity contribution in [2.75, 3.05) is 13.7 Å². The Kier molecular flexibility index (Phi) is 9.87. The first kappa shape index (κ1) is 22.1. The number of guanidine groups is 1. The minimum Gasteiger partial charge on any atom is -0.508 e. The van der Waals surface area contributed by atoms with Gasteiger partial charge in [-0.15, -0.1) is 24.0 Å². The molecule has 2 rings (SSSR count). The number of aryl methyl sites for hydroxylation is 1. The number of aromatic hydroxyl groups is 1. The van der Waals surface area contributed by atoms with Gasteiger partial charge in [0.15, 0.2) is 5.96 Å². The van der Waals surface area contributed by atoms with Crippen LogP contribution in [0.25, 0.3) is 0 Å². The van der Waals surface area contributed by atoms with Gasteiger partial charge in [0.2, 0.25) is 0 Å². The van der Waals surface area contributed by atoms with Crippen LogP contribution in [-0.2, 0) is 19.5 Å². The molecule has 3 N–H and O–H groups in total. The van der Waals surface area contributed by atoms with Crippen LogP contribution in [0, 0.1) is 0 Å². The molecule has 0 amide bonds. The maximum atomic E-state index is 9.98. The molecular weight excluding hydrogens is 441 g/mol. The van der Waals surface area contributed by atoms with Gasteiger partial charge in [0.05, 0.1) is 13.7 Å². The number of hydrogen-bond donors (Lipinski definition) is 3. The van der Waals surface area contributed by atoms with Crippen molar-refractivity contribution in [3.63, 3.8) is 0 Å². The highest BCUT2D eigenvalue weighted by molar-refractivity contribution is 14.0. The molecule has 26 heavy (non-hydrogen) atoms. The molecule has 0 unspecified atom stereocenters. The minimum atomic E-state index is 0. The van der Waals surface area contributed by atoms with Crippen molar-refractivity contribution in [2.45, 2.75) is 33.4 Å². The predicted molar refractivity (Wildman–Crippen MR) is 118 cm³/mol. The van der Waals surface area contributed by atoms with Gasteiger partial charge in [0.25, 0.3) is 0 Å². The minimum absolute atomic E-state index is 0. The fraction of sp³-hybridized carbons (Fsp3) is 0.350. The molecule has 0 bridgehead atoms. The molecule has 0 heterocycles. The second kappa shape index (κ2) is 11.6. The van der Waals surface area contributed by atoms with E-state index in [1.54, 1.807) is 25.3 Å². The highest BCUT2D eigenvalue weighted by atomic mass is 127. The number of phenols is 1. The number of aliphatic imine (C=N–C) groups is 1. The van der Waals surface area contributed by atoms with Gasteiger partial charge >= 0.3 is 0 Å². The van der Waals surface area contributed by atoms with E-state index in [9.17, 15) is 5.11 Å². The summed E-state index contributed by atoms with van der Waals surface area (Å²) in [6.45, 7) is 6.03. The molecule has 142 valence electrons. The number of rotatable bonds is 7. The number of ether oxygens (including phenoxy) is 1. The molecule has 6 heteroatoms. The number of nitrogens with zero attached hydrogens (tertiary/aromatic N) is 1. The largest absolute Gasteiger partial charge is 0.508 e. The Hall–Kier alpha value is -1.96. The van der Waals surface area contributed by atoms with Crippen molar-refractivity contribution in [3.8, 4) is 11.5 Å². The molecule has 0 spiro atoms. The van der Waals surface area contributed by atoms with Gasteiger partial charge in [0.1, 0.15) is 11.5 Å². The lowest BCUT2D eigenvalue weighted by molar-refractivity contribution is 0.411. The van der Waals surface area contributed by atoms with Crippen molar-refractivity contribution >= 4 is 29.9 Å². The summed E-state index contributed by atoms with van der Waals surface area (Å²) >= 11 is 0. The Morgan fingerprint density at radius 1 is 1.04 bits per heavy atom. The average Bonchev–Trinajstić information content (AvgIpc) is 2.65. The number of methoxy groups -OCH3 is 1. The zero-order valence-corrected chi connectivity index (χ0v) is 17.9. The van der Waals surface area contributed by atoms with E-state index in [1.165, 1.54) is 11.1 Å². The summed E-state index contributed by atoms with van der Waals surface area (Å²) in [5.41, 5.74) is 3.32. The van der Waals surface area contributed by atoms with E-state index < -0.39 is 0 Å². The Morgan fingerprint density at radius 2 is 1.77 bits per heavy atom. The smallest absolute Gasteiger partial charge is 0.191 e. The summed E-state index contributed by atoms with van der Waals surface area (Å²) in [4.78, 5) is 4.57. The van der Waals surface area contributed by atoms with Gasteiger partial charge in [0, 0.05) is 18.7 Å². The Morgan fingerprint density at radius 3 is 2.42 bits per heavy atom. The third kappa shape index (κ3) is 6.40. The van der Waals surface area contributed by atoms with Gasteiger partial charge in [-0.3, -0.25) is 0 Å². The van der Waals surface area contributed by atoms with Crippen LogP contribution >= 0.6 is 24.0 Å². The first-order chi connectivity index (χ1) is 12.2. The van der Waals surface area contributed by atoms with Crippen LogP contribution < -0.4 is 15.4 Å². The van der Waals surface area contributed by atoms with Crippen LogP contribution in [-0.4, -0.2) is 24.7 Å². The molecule has 2 aromatic rings. The third-order valence-corrected chi connectivity index (χ3v) is 3.98. The van der Waals surface area contributed by atoms with E-state index in [0.717, 1.165) is 24.5 Å². The summed E-state index contributed by atoms with van der Waals surface area (Å²) in [6.07, 6.45) is 1.00. The third-order valence-electron chi connectivity index (χ3n) is 3.98. The summed E-state index contributed by atoms with van der Waals surface area (Å²) in [5.74, 6) is 1.64. The fourth-order valence-electron chi connectivity index (χ4n) is 2.58. The van der Waals surface area contributed by atoms with Crippen molar-refractivity contribution in [1.29, 1.82) is 0 Å². The Labute approximate surface area is 172 Å². The monoisotopic (exact) mass is 469 g/mol. The number of nitrogens with one attached hydrogen (secondary N) is 2. The van der Waals surface area contributed by atoms with Crippen LogP contribution in [0.1, 0.15) is 30.5 Å². The van der Waals surface area contributed by atoms with E-state index in [0.29, 0.717) is 18.8 Å². The van der Waals surface area contributed by atoms with E-state index >= 15 is 0 Å². The molecule has 0 saturated heterocycles. The SMILES string of the molecule is CCNC(=NCc1cc(OC)ccc1O)NCc1ccccc1CC.I. The molecule has 2 aromatic carbocycles. The lowest BCUT2D eigenvalue weighted by Gasteiger charge is -2.14. The number of hydrogen-bond acceptors (Lipinski definition) is 3. The standard InChI is InChI=1S/C20H27N3O2.HI/c1-4-15-8-6-7-9-16(15)13-22-20(21-5-2)23-14-17-12-18(25-3)10-11-19(17)24;/h6-12,24H,4-5,13-14H2,1-3H3,(H2,21,22,23);1H. The first-order valence-corrected chi connectivity index (χ1v) is 8.62. The second-order valence-electron chi connectivity index (χ2n) is 5.67. The Bertz CT molecular complexity index is 720. The molecule has 0 aliphatic carbocycles. The number of phenolic OH excluding ortho intramolecular Hbond substituents is 1.